The van der Waals surface area contributed by atoms with Crippen molar-refractivity contribution in [2.45, 2.75) is 52.6 Å². The minimum absolute atomic E-state index is 0. The summed E-state index contributed by atoms with van der Waals surface area (Å²) >= 11 is 0. The van der Waals surface area contributed by atoms with Crippen LogP contribution in [0.1, 0.15) is 49.6 Å². The quantitative estimate of drug-likeness (QED) is 0.252. The predicted molar refractivity (Wildman–Crippen MR) is 120 cm³/mol. The van der Waals surface area contributed by atoms with E-state index in [4.69, 9.17) is 0 Å². The van der Waals surface area contributed by atoms with Crippen LogP contribution in [0.5, 0.6) is 0 Å². The number of halogens is 1. The average molecular weight is 469 g/mol. The fourth-order valence-electron chi connectivity index (χ4n) is 2.77. The van der Waals surface area contributed by atoms with Crippen LogP contribution < -0.4 is 10.6 Å². The number of unbranched alkanes of at least 4 members (excludes halogenated alkanes) is 3. The van der Waals surface area contributed by atoms with Gasteiger partial charge >= 0.3 is 0 Å². The van der Waals surface area contributed by atoms with Gasteiger partial charge in [-0.1, -0.05) is 50.5 Å². The zero-order chi connectivity index (χ0) is 17.9. The Labute approximate surface area is 174 Å². The maximum atomic E-state index is 4.30. The van der Waals surface area contributed by atoms with Crippen molar-refractivity contribution in [1.29, 1.82) is 0 Å². The molecule has 144 valence electrons. The van der Waals surface area contributed by atoms with Gasteiger partial charge in [0.05, 0.1) is 0 Å². The molecule has 0 saturated heterocycles. The molecular weight excluding hydrogens is 437 g/mol. The minimum Gasteiger partial charge on any atom is -0.356 e. The molecule has 2 N–H and O–H groups in total. The molecule has 6 heteroatoms. The van der Waals surface area contributed by atoms with E-state index in [0.29, 0.717) is 0 Å². The fraction of sp³-hybridized carbons (Fsp3) is 0.500. The van der Waals surface area contributed by atoms with Gasteiger partial charge in [0.1, 0.15) is 5.82 Å². The standard InChI is InChI=1S/C20H31N5.HI/c1-4-5-6-7-11-23-20(21-3)24-15-18-9-8-10-19(14-18)16-25-13-12-22-17(25)2;/h8-10,12-14H,4-7,11,15-16H2,1-3H3,(H2,21,23,24);1H. The molecule has 0 spiro atoms. The highest BCUT2D eigenvalue weighted by atomic mass is 127. The van der Waals surface area contributed by atoms with Crippen molar-refractivity contribution in [1.82, 2.24) is 20.2 Å². The molecule has 0 aliphatic heterocycles. The van der Waals surface area contributed by atoms with Crippen molar-refractivity contribution < 1.29 is 0 Å². The first kappa shape index (κ1) is 22.5. The number of imidazole rings is 1. The summed E-state index contributed by atoms with van der Waals surface area (Å²) in [6.07, 6.45) is 8.89. The molecule has 0 aliphatic carbocycles. The Hall–Kier alpha value is -1.57. The number of aromatic nitrogens is 2. The van der Waals surface area contributed by atoms with Crippen molar-refractivity contribution in [3.8, 4) is 0 Å². The first-order valence-corrected chi connectivity index (χ1v) is 9.23. The molecule has 0 saturated carbocycles. The Bertz CT molecular complexity index is 666. The van der Waals surface area contributed by atoms with Gasteiger partial charge in [-0.25, -0.2) is 4.98 Å². The normalized spacial score (nSPS) is 11.1. The zero-order valence-electron chi connectivity index (χ0n) is 16.2. The van der Waals surface area contributed by atoms with Crippen LogP contribution >= 0.6 is 24.0 Å². The molecule has 2 rings (SSSR count). The average Bonchev–Trinajstić information content (AvgIpc) is 3.02. The summed E-state index contributed by atoms with van der Waals surface area (Å²) < 4.78 is 2.16. The van der Waals surface area contributed by atoms with Gasteiger partial charge in [-0.2, -0.15) is 0 Å². The molecule has 1 aromatic carbocycles. The van der Waals surface area contributed by atoms with Gasteiger partial charge in [0, 0.05) is 39.1 Å². The molecule has 0 fully saturated rings. The number of nitrogens with one attached hydrogen (secondary N) is 2. The molecule has 0 unspecified atom stereocenters. The van der Waals surface area contributed by atoms with Crippen LogP contribution in [0, 0.1) is 6.92 Å². The second kappa shape index (κ2) is 12.7. The second-order valence-corrected chi connectivity index (χ2v) is 6.34. The molecule has 0 radical (unpaired) electrons. The molecule has 0 atom stereocenters. The fourth-order valence-corrected chi connectivity index (χ4v) is 2.77. The van der Waals surface area contributed by atoms with Crippen LogP contribution in [-0.2, 0) is 13.1 Å². The van der Waals surface area contributed by atoms with Gasteiger partial charge in [0.25, 0.3) is 0 Å². The van der Waals surface area contributed by atoms with Gasteiger partial charge in [-0.3, -0.25) is 4.99 Å². The van der Waals surface area contributed by atoms with Crippen LogP contribution in [0.15, 0.2) is 41.7 Å². The second-order valence-electron chi connectivity index (χ2n) is 6.34. The first-order chi connectivity index (χ1) is 12.2. The Kier molecular flexibility index (Phi) is 11.0. The minimum atomic E-state index is 0. The maximum absolute atomic E-state index is 4.30. The molecule has 1 aromatic heterocycles. The van der Waals surface area contributed by atoms with E-state index in [-0.39, 0.29) is 24.0 Å². The number of benzene rings is 1. The molecule has 1 heterocycles. The molecule has 26 heavy (non-hydrogen) atoms. The molecule has 0 aliphatic rings. The predicted octanol–water partition coefficient (Wildman–Crippen LogP) is 4.10. The van der Waals surface area contributed by atoms with E-state index < -0.39 is 0 Å². The van der Waals surface area contributed by atoms with Crippen molar-refractivity contribution in [3.05, 3.63) is 53.6 Å². The highest BCUT2D eigenvalue weighted by Crippen LogP contribution is 2.08. The summed E-state index contributed by atoms with van der Waals surface area (Å²) in [5.74, 6) is 1.91. The van der Waals surface area contributed by atoms with E-state index >= 15 is 0 Å². The Morgan fingerprint density at radius 2 is 1.96 bits per heavy atom. The Balaban J connectivity index is 0.00000338. The summed E-state index contributed by atoms with van der Waals surface area (Å²) in [6, 6.07) is 8.65. The molecule has 0 amide bonds. The van der Waals surface area contributed by atoms with Gasteiger partial charge in [0.2, 0.25) is 0 Å². The number of rotatable bonds is 9. The summed E-state index contributed by atoms with van der Waals surface area (Å²) in [4.78, 5) is 8.58. The van der Waals surface area contributed by atoms with Crippen LogP contribution in [0.3, 0.4) is 0 Å². The van der Waals surface area contributed by atoms with E-state index in [1.54, 1.807) is 0 Å². The van der Waals surface area contributed by atoms with Crippen molar-refractivity contribution in [3.63, 3.8) is 0 Å². The lowest BCUT2D eigenvalue weighted by Gasteiger charge is -2.13. The molecule has 2 aromatic rings. The van der Waals surface area contributed by atoms with Crippen LogP contribution in [0.4, 0.5) is 0 Å². The zero-order valence-corrected chi connectivity index (χ0v) is 18.5. The van der Waals surface area contributed by atoms with Crippen molar-refractivity contribution in [2.75, 3.05) is 13.6 Å². The van der Waals surface area contributed by atoms with E-state index in [9.17, 15) is 0 Å². The topological polar surface area (TPSA) is 54.2 Å². The third-order valence-corrected chi connectivity index (χ3v) is 4.27. The number of aliphatic imine (C=N–C) groups is 1. The third kappa shape index (κ3) is 7.76. The highest BCUT2D eigenvalue weighted by molar-refractivity contribution is 14.0. The lowest BCUT2D eigenvalue weighted by molar-refractivity contribution is 0.647. The van der Waals surface area contributed by atoms with Gasteiger partial charge in [-0.15, -0.1) is 24.0 Å². The summed E-state index contributed by atoms with van der Waals surface area (Å²) in [6.45, 7) is 6.85. The highest BCUT2D eigenvalue weighted by Gasteiger charge is 2.02. The third-order valence-electron chi connectivity index (χ3n) is 4.27. The Morgan fingerprint density at radius 3 is 2.65 bits per heavy atom. The molecular formula is C20H32IN5. The molecule has 0 bridgehead atoms. The summed E-state index contributed by atoms with van der Waals surface area (Å²) in [5.41, 5.74) is 2.53. The van der Waals surface area contributed by atoms with Crippen molar-refractivity contribution >= 4 is 29.9 Å². The Morgan fingerprint density at radius 1 is 1.15 bits per heavy atom. The lowest BCUT2D eigenvalue weighted by Crippen LogP contribution is -2.37. The van der Waals surface area contributed by atoms with Crippen LogP contribution in [0.25, 0.3) is 0 Å². The van der Waals surface area contributed by atoms with Gasteiger partial charge in [-0.05, 0) is 24.5 Å². The SMILES string of the molecule is CCCCCCNC(=NC)NCc1cccc(Cn2ccnc2C)c1.I. The maximum Gasteiger partial charge on any atom is 0.191 e. The number of hydrogen-bond acceptors (Lipinski definition) is 2. The number of hydrogen-bond donors (Lipinski definition) is 2. The first-order valence-electron chi connectivity index (χ1n) is 9.23. The van der Waals surface area contributed by atoms with Crippen LogP contribution in [0.2, 0.25) is 0 Å². The number of aryl methyl sites for hydroxylation is 1. The van der Waals surface area contributed by atoms with E-state index in [2.05, 4.69) is 56.4 Å². The summed E-state index contributed by atoms with van der Waals surface area (Å²) in [7, 11) is 1.82. The van der Waals surface area contributed by atoms with Gasteiger partial charge < -0.3 is 15.2 Å². The lowest BCUT2D eigenvalue weighted by atomic mass is 10.1. The van der Waals surface area contributed by atoms with Gasteiger partial charge in [0.15, 0.2) is 5.96 Å². The van der Waals surface area contributed by atoms with E-state index in [1.165, 1.54) is 36.8 Å². The smallest absolute Gasteiger partial charge is 0.191 e. The largest absolute Gasteiger partial charge is 0.356 e. The van der Waals surface area contributed by atoms with Crippen LogP contribution in [-0.4, -0.2) is 29.1 Å². The van der Waals surface area contributed by atoms with E-state index in [1.807, 2.05) is 26.4 Å². The monoisotopic (exact) mass is 469 g/mol. The van der Waals surface area contributed by atoms with Crippen molar-refractivity contribution in [2.24, 2.45) is 4.99 Å². The van der Waals surface area contributed by atoms with E-state index in [0.717, 1.165) is 31.4 Å². The number of nitrogens with zero attached hydrogens (tertiary/aromatic N) is 3. The summed E-state index contributed by atoms with van der Waals surface area (Å²) in [5, 5.41) is 6.78. The molecule has 5 nitrogen and oxygen atoms in total. The number of guanidine groups is 1.